The Morgan fingerprint density at radius 3 is 0.851 bits per heavy atom. The molecule has 0 aliphatic heterocycles. The standard InChI is InChI=1S/C68H112O6/c1-4-7-10-13-16-19-22-25-28-31-33-34-36-37-40-43-46-49-52-55-58-61-67(70)73-64-65(63-72-66(69)60-57-54-51-48-45-42-39-30-27-24-21-18-15-12-9-6-3)74-68(71)62-59-56-53-50-47-44-41-38-35-32-29-26-23-20-17-14-11-8-5-2/h8,11,17,20-22,24-26,29-31,33,35-39,44,47,65H,4-7,9-10,12-16,18-19,23,27-28,32,34,40-43,45-46,48-64H2,1-3H3/b11-8-,20-17-,24-21-,25-22-,29-26-,33-31-,37-36-,38-35-,39-30-,47-44-. The molecule has 0 saturated carbocycles. The third kappa shape index (κ3) is 58.7. The molecule has 0 bridgehead atoms. The highest BCUT2D eigenvalue weighted by molar-refractivity contribution is 5.71. The van der Waals surface area contributed by atoms with Gasteiger partial charge in [0.05, 0.1) is 0 Å². The van der Waals surface area contributed by atoms with Crippen LogP contribution in [0.3, 0.4) is 0 Å². The molecule has 0 fully saturated rings. The minimum Gasteiger partial charge on any atom is -0.462 e. The van der Waals surface area contributed by atoms with Crippen molar-refractivity contribution in [3.05, 3.63) is 122 Å². The number of allylic oxidation sites excluding steroid dienone is 20. The highest BCUT2D eigenvalue weighted by Crippen LogP contribution is 2.14. The molecule has 6 heteroatoms. The average molecular weight is 1030 g/mol. The molecule has 0 rings (SSSR count). The van der Waals surface area contributed by atoms with Crippen LogP contribution in [0.2, 0.25) is 0 Å². The number of esters is 3. The van der Waals surface area contributed by atoms with Gasteiger partial charge in [0.1, 0.15) is 13.2 Å². The summed E-state index contributed by atoms with van der Waals surface area (Å²) in [4.78, 5) is 38.3. The molecular formula is C68H112O6. The summed E-state index contributed by atoms with van der Waals surface area (Å²) < 4.78 is 16.9. The van der Waals surface area contributed by atoms with E-state index < -0.39 is 6.10 Å². The Labute approximate surface area is 456 Å². The number of hydrogen-bond acceptors (Lipinski definition) is 6. The molecule has 1 atom stereocenters. The van der Waals surface area contributed by atoms with Crippen LogP contribution < -0.4 is 0 Å². The number of unbranched alkanes of at least 4 members (excludes halogenated alkanes) is 23. The van der Waals surface area contributed by atoms with E-state index in [0.717, 1.165) is 141 Å². The van der Waals surface area contributed by atoms with Gasteiger partial charge >= 0.3 is 17.9 Å². The fourth-order valence-electron chi connectivity index (χ4n) is 8.09. The normalized spacial score (nSPS) is 13.0. The molecule has 0 aliphatic rings. The smallest absolute Gasteiger partial charge is 0.306 e. The van der Waals surface area contributed by atoms with Crippen molar-refractivity contribution in [1.82, 2.24) is 0 Å². The van der Waals surface area contributed by atoms with Crippen LogP contribution in [-0.4, -0.2) is 37.2 Å². The maximum absolute atomic E-state index is 12.9. The molecule has 0 heterocycles. The Balaban J connectivity index is 4.51. The zero-order chi connectivity index (χ0) is 53.6. The summed E-state index contributed by atoms with van der Waals surface area (Å²) in [6, 6.07) is 0. The Morgan fingerprint density at radius 2 is 0.527 bits per heavy atom. The van der Waals surface area contributed by atoms with Crippen LogP contribution in [0.25, 0.3) is 0 Å². The number of carbonyl (C=O) groups excluding carboxylic acids is 3. The van der Waals surface area contributed by atoms with E-state index in [2.05, 4.69) is 142 Å². The first-order chi connectivity index (χ1) is 36.5. The fraction of sp³-hybridized carbons (Fsp3) is 0.662. The first kappa shape index (κ1) is 69.8. The summed E-state index contributed by atoms with van der Waals surface area (Å²) >= 11 is 0. The third-order valence-electron chi connectivity index (χ3n) is 12.7. The van der Waals surface area contributed by atoms with Crippen molar-refractivity contribution in [1.29, 1.82) is 0 Å². The second kappa shape index (κ2) is 61.4. The number of rotatable bonds is 54. The van der Waals surface area contributed by atoms with Gasteiger partial charge in [-0.15, -0.1) is 0 Å². The van der Waals surface area contributed by atoms with Crippen LogP contribution >= 0.6 is 0 Å². The van der Waals surface area contributed by atoms with E-state index in [9.17, 15) is 14.4 Å². The first-order valence-corrected chi connectivity index (χ1v) is 30.5. The zero-order valence-electron chi connectivity index (χ0n) is 48.1. The first-order valence-electron chi connectivity index (χ1n) is 30.5. The molecule has 74 heavy (non-hydrogen) atoms. The predicted octanol–water partition coefficient (Wildman–Crippen LogP) is 20.8. The van der Waals surface area contributed by atoms with Crippen LogP contribution in [0.1, 0.15) is 271 Å². The molecule has 0 aromatic heterocycles. The van der Waals surface area contributed by atoms with Crippen LogP contribution in [0, 0.1) is 0 Å². The van der Waals surface area contributed by atoms with E-state index >= 15 is 0 Å². The van der Waals surface area contributed by atoms with Crippen molar-refractivity contribution >= 4 is 17.9 Å². The van der Waals surface area contributed by atoms with Gasteiger partial charge in [-0.3, -0.25) is 14.4 Å². The van der Waals surface area contributed by atoms with Crippen LogP contribution in [0.4, 0.5) is 0 Å². The summed E-state index contributed by atoms with van der Waals surface area (Å²) in [7, 11) is 0. The highest BCUT2D eigenvalue weighted by Gasteiger charge is 2.19. The van der Waals surface area contributed by atoms with E-state index in [1.54, 1.807) is 0 Å². The van der Waals surface area contributed by atoms with Gasteiger partial charge in [-0.2, -0.15) is 0 Å². The Bertz CT molecular complexity index is 1550. The molecule has 1 unspecified atom stereocenters. The molecule has 0 amide bonds. The van der Waals surface area contributed by atoms with E-state index in [4.69, 9.17) is 14.2 Å². The van der Waals surface area contributed by atoms with Gasteiger partial charge in [0, 0.05) is 19.3 Å². The molecule has 0 radical (unpaired) electrons. The van der Waals surface area contributed by atoms with Crippen molar-refractivity contribution in [3.8, 4) is 0 Å². The second-order valence-corrected chi connectivity index (χ2v) is 19.9. The SMILES string of the molecule is CC/C=C\C/C=C\C/C=C\C/C=C\C/C=C\CCCCCC(=O)OC(COC(=O)CCCCCCC/C=C\C/C=C\CCCCCC)COC(=O)CCCCCCCC/C=C\C/C=C\C/C=C\CCCCCCC. The van der Waals surface area contributed by atoms with Crippen LogP contribution in [-0.2, 0) is 28.6 Å². The largest absolute Gasteiger partial charge is 0.462 e. The van der Waals surface area contributed by atoms with E-state index in [1.165, 1.54) is 83.5 Å². The molecule has 6 nitrogen and oxygen atoms in total. The minimum absolute atomic E-state index is 0.106. The maximum atomic E-state index is 12.9. The number of hydrogen-bond donors (Lipinski definition) is 0. The Morgan fingerprint density at radius 1 is 0.284 bits per heavy atom. The summed E-state index contributed by atoms with van der Waals surface area (Å²) in [6.07, 6.45) is 84.7. The topological polar surface area (TPSA) is 78.9 Å². The number of ether oxygens (including phenoxy) is 3. The highest BCUT2D eigenvalue weighted by atomic mass is 16.6. The van der Waals surface area contributed by atoms with Crippen LogP contribution in [0.5, 0.6) is 0 Å². The van der Waals surface area contributed by atoms with Crippen molar-refractivity contribution in [2.75, 3.05) is 13.2 Å². The van der Waals surface area contributed by atoms with Crippen molar-refractivity contribution in [3.63, 3.8) is 0 Å². The molecule has 0 saturated heterocycles. The van der Waals surface area contributed by atoms with Gasteiger partial charge in [-0.1, -0.05) is 239 Å². The predicted molar refractivity (Wildman–Crippen MR) is 320 cm³/mol. The lowest BCUT2D eigenvalue weighted by molar-refractivity contribution is -0.167. The third-order valence-corrected chi connectivity index (χ3v) is 12.7. The zero-order valence-corrected chi connectivity index (χ0v) is 48.1. The van der Waals surface area contributed by atoms with Crippen LogP contribution in [0.15, 0.2) is 122 Å². The molecule has 0 spiro atoms. The summed E-state index contributed by atoms with van der Waals surface area (Å²) in [5.74, 6) is -0.962. The van der Waals surface area contributed by atoms with Crippen molar-refractivity contribution in [2.24, 2.45) is 0 Å². The molecule has 0 N–H and O–H groups in total. The van der Waals surface area contributed by atoms with Gasteiger partial charge in [0.15, 0.2) is 6.10 Å². The monoisotopic (exact) mass is 1020 g/mol. The molecule has 0 aromatic rings. The van der Waals surface area contributed by atoms with E-state index in [0.29, 0.717) is 19.3 Å². The number of carbonyl (C=O) groups is 3. The molecule has 0 aliphatic carbocycles. The minimum atomic E-state index is -0.812. The Kier molecular flexibility index (Phi) is 57.9. The second-order valence-electron chi connectivity index (χ2n) is 19.9. The molecule has 0 aromatic carbocycles. The van der Waals surface area contributed by atoms with E-state index in [1.807, 2.05) is 0 Å². The molecular weight excluding hydrogens is 913 g/mol. The quantitative estimate of drug-likeness (QED) is 0.0261. The fourth-order valence-corrected chi connectivity index (χ4v) is 8.09. The average Bonchev–Trinajstić information content (AvgIpc) is 3.40. The van der Waals surface area contributed by atoms with E-state index in [-0.39, 0.29) is 37.5 Å². The lowest BCUT2D eigenvalue weighted by atomic mass is 10.1. The summed E-state index contributed by atoms with van der Waals surface area (Å²) in [5.41, 5.74) is 0. The van der Waals surface area contributed by atoms with Gasteiger partial charge in [-0.25, -0.2) is 0 Å². The van der Waals surface area contributed by atoms with Crippen molar-refractivity contribution < 1.29 is 28.6 Å². The van der Waals surface area contributed by atoms with Gasteiger partial charge in [0.25, 0.3) is 0 Å². The maximum Gasteiger partial charge on any atom is 0.306 e. The Hall–Kier alpha value is -4.19. The van der Waals surface area contributed by atoms with Gasteiger partial charge in [-0.05, 0) is 135 Å². The van der Waals surface area contributed by atoms with Gasteiger partial charge < -0.3 is 14.2 Å². The lowest BCUT2D eigenvalue weighted by Gasteiger charge is -2.18. The summed E-state index contributed by atoms with van der Waals surface area (Å²) in [5, 5.41) is 0. The lowest BCUT2D eigenvalue weighted by Crippen LogP contribution is -2.30. The molecule has 420 valence electrons. The van der Waals surface area contributed by atoms with Gasteiger partial charge in [0.2, 0.25) is 0 Å². The summed E-state index contributed by atoms with van der Waals surface area (Å²) in [6.45, 7) is 6.45. The van der Waals surface area contributed by atoms with Crippen molar-refractivity contribution in [2.45, 2.75) is 277 Å².